The molecule has 3 aliphatic rings. The van der Waals surface area contributed by atoms with Crippen molar-refractivity contribution in [2.75, 3.05) is 49.2 Å². The van der Waals surface area contributed by atoms with Crippen LogP contribution in [-0.4, -0.2) is 74.4 Å². The van der Waals surface area contributed by atoms with Crippen LogP contribution in [0.2, 0.25) is 0 Å². The lowest BCUT2D eigenvalue weighted by molar-refractivity contribution is -0.137. The average molecular weight is 694 g/mol. The van der Waals surface area contributed by atoms with Gasteiger partial charge >= 0.3 is 12.2 Å². The van der Waals surface area contributed by atoms with Gasteiger partial charge in [-0.3, -0.25) is 4.90 Å². The van der Waals surface area contributed by atoms with Crippen LogP contribution in [0.4, 0.5) is 48.2 Å². The van der Waals surface area contributed by atoms with Gasteiger partial charge in [0.15, 0.2) is 17.5 Å². The summed E-state index contributed by atoms with van der Waals surface area (Å²) in [6.45, 7) is 3.26. The molecule has 0 aliphatic carbocycles. The Labute approximate surface area is 274 Å². The molecule has 3 aliphatic heterocycles. The molecule has 0 unspecified atom stereocenters. The predicted octanol–water partition coefficient (Wildman–Crippen LogP) is 5.31. The first kappa shape index (κ1) is 32.8. The number of aromatic nitrogens is 5. The molecule has 11 nitrogen and oxygen atoms in total. The first-order chi connectivity index (χ1) is 23.2. The number of anilines is 3. The number of halogens is 7. The Morgan fingerprint density at radius 1 is 1.06 bits per heavy atom. The maximum atomic E-state index is 16.7. The van der Waals surface area contributed by atoms with E-state index >= 15 is 4.39 Å². The highest BCUT2D eigenvalue weighted by Gasteiger charge is 2.49. The van der Waals surface area contributed by atoms with Crippen LogP contribution in [0.5, 0.6) is 11.9 Å². The number of fused-ring (bicyclic) bond motifs is 1. The molecule has 7 rings (SSSR count). The zero-order valence-electron chi connectivity index (χ0n) is 26.2. The van der Waals surface area contributed by atoms with E-state index in [9.17, 15) is 26.3 Å². The van der Waals surface area contributed by atoms with E-state index in [2.05, 4.69) is 24.9 Å². The normalized spacial score (nSPS) is 21.5. The molecule has 0 aromatic carbocycles. The molecule has 4 aromatic heterocycles. The standard InChI is InChI=1S/C31H30F7N9O2/c1-13-19(31(36,37)38)23(42-26(40)20(13)34)24-21(35)22-18-27(45-29(44-22)49-12-30-4-3-5-46(30)11-16(33)9-30)47(6-7-48-28(18)43-24)14(2)17-8-15(32)10-41-25(17)39/h8,10,14,16H,3-7,9,11-12H2,1-2H3,(H2,39,41)(H2,40,42)/t14-,16-,30+/m1/s1. The summed E-state index contributed by atoms with van der Waals surface area (Å²) in [5.41, 5.74) is 6.27. The highest BCUT2D eigenvalue weighted by molar-refractivity contribution is 5.97. The van der Waals surface area contributed by atoms with Gasteiger partial charge in [0.25, 0.3) is 0 Å². The van der Waals surface area contributed by atoms with Crippen LogP contribution in [0, 0.1) is 24.4 Å². The highest BCUT2D eigenvalue weighted by atomic mass is 19.4. The van der Waals surface area contributed by atoms with Crippen LogP contribution in [0.1, 0.15) is 48.9 Å². The van der Waals surface area contributed by atoms with Crippen molar-refractivity contribution in [1.82, 2.24) is 29.8 Å². The second kappa shape index (κ2) is 11.7. The molecule has 0 radical (unpaired) electrons. The summed E-state index contributed by atoms with van der Waals surface area (Å²) in [6.07, 6.45) is -3.64. The molecule has 0 amide bonds. The fourth-order valence-electron chi connectivity index (χ4n) is 7.20. The number of hydrogen-bond acceptors (Lipinski definition) is 11. The number of nitrogen functional groups attached to an aromatic ring is 2. The molecule has 260 valence electrons. The van der Waals surface area contributed by atoms with Crippen LogP contribution < -0.4 is 25.8 Å². The van der Waals surface area contributed by atoms with Gasteiger partial charge in [0.1, 0.15) is 59.1 Å². The summed E-state index contributed by atoms with van der Waals surface area (Å²) in [4.78, 5) is 24.0. The van der Waals surface area contributed by atoms with E-state index in [1.54, 1.807) is 11.8 Å². The maximum absolute atomic E-state index is 16.7. The van der Waals surface area contributed by atoms with Gasteiger partial charge in [0.2, 0.25) is 5.88 Å². The summed E-state index contributed by atoms with van der Waals surface area (Å²) in [6, 6.07) is 0.0661. The number of hydrogen-bond donors (Lipinski definition) is 2. The zero-order valence-corrected chi connectivity index (χ0v) is 26.2. The average Bonchev–Trinajstić information content (AvgIpc) is 3.50. The lowest BCUT2D eigenvalue weighted by Gasteiger charge is -2.32. The van der Waals surface area contributed by atoms with Gasteiger partial charge in [-0.15, -0.1) is 0 Å². The lowest BCUT2D eigenvalue weighted by Crippen LogP contribution is -2.43. The zero-order chi connectivity index (χ0) is 35.0. The van der Waals surface area contributed by atoms with Gasteiger partial charge in [-0.1, -0.05) is 0 Å². The highest BCUT2D eigenvalue weighted by Crippen LogP contribution is 2.46. The van der Waals surface area contributed by atoms with Crippen molar-refractivity contribution in [1.29, 1.82) is 0 Å². The molecule has 49 heavy (non-hydrogen) atoms. The van der Waals surface area contributed by atoms with Crippen molar-refractivity contribution in [2.24, 2.45) is 0 Å². The number of alkyl halides is 4. The van der Waals surface area contributed by atoms with Crippen LogP contribution in [-0.2, 0) is 6.18 Å². The topological polar surface area (TPSA) is 141 Å². The van der Waals surface area contributed by atoms with E-state index in [0.717, 1.165) is 19.5 Å². The number of nitrogens with two attached hydrogens (primary N) is 2. The van der Waals surface area contributed by atoms with Crippen LogP contribution in [0.15, 0.2) is 12.3 Å². The van der Waals surface area contributed by atoms with E-state index in [1.807, 2.05) is 4.90 Å². The molecule has 7 heterocycles. The molecule has 4 N–H and O–H groups in total. The van der Waals surface area contributed by atoms with Crippen molar-refractivity contribution >= 4 is 28.4 Å². The van der Waals surface area contributed by atoms with Crippen molar-refractivity contribution in [3.05, 3.63) is 46.4 Å². The summed E-state index contributed by atoms with van der Waals surface area (Å²) >= 11 is 0. The van der Waals surface area contributed by atoms with E-state index in [4.69, 9.17) is 20.9 Å². The Morgan fingerprint density at radius 2 is 1.84 bits per heavy atom. The molecule has 2 saturated heterocycles. The minimum Gasteiger partial charge on any atom is -0.475 e. The third-order valence-corrected chi connectivity index (χ3v) is 9.53. The van der Waals surface area contributed by atoms with Gasteiger partial charge in [-0.2, -0.15) is 23.1 Å². The fraction of sp³-hybridized carbons (Fsp3) is 0.452. The van der Waals surface area contributed by atoms with Crippen LogP contribution >= 0.6 is 0 Å². The van der Waals surface area contributed by atoms with E-state index in [0.29, 0.717) is 13.0 Å². The molecule has 18 heteroatoms. The van der Waals surface area contributed by atoms with Crippen molar-refractivity contribution in [2.45, 2.75) is 57.0 Å². The SMILES string of the molecule is Cc1c(F)c(N)nc(-c2nc3c4c(nc(OC[C@@]56CCCN5C[C@H](F)C6)nc4c2F)N([C@H](C)c2cc(F)cnc2N)CCO3)c1C(F)(F)F. The first-order valence-electron chi connectivity index (χ1n) is 15.4. The van der Waals surface area contributed by atoms with Gasteiger partial charge < -0.3 is 25.8 Å². The Kier molecular flexibility index (Phi) is 7.83. The quantitative estimate of drug-likeness (QED) is 0.254. The minimum absolute atomic E-state index is 0.00372. The molecule has 2 fully saturated rings. The number of pyridine rings is 3. The summed E-state index contributed by atoms with van der Waals surface area (Å²) < 4.78 is 115. The van der Waals surface area contributed by atoms with E-state index in [-0.39, 0.29) is 67.2 Å². The Bertz CT molecular complexity index is 1980. The van der Waals surface area contributed by atoms with Crippen LogP contribution in [0.3, 0.4) is 0 Å². The van der Waals surface area contributed by atoms with Gasteiger partial charge in [-0.05, 0) is 39.3 Å². The van der Waals surface area contributed by atoms with Gasteiger partial charge in [0.05, 0.1) is 29.9 Å². The number of nitrogens with zero attached hydrogens (tertiary/aromatic N) is 7. The summed E-state index contributed by atoms with van der Waals surface area (Å²) in [5, 5.41) is -0.133. The second-order valence-corrected chi connectivity index (χ2v) is 12.5. The Balaban J connectivity index is 1.44. The van der Waals surface area contributed by atoms with Gasteiger partial charge in [-0.25, -0.2) is 32.5 Å². The molecule has 0 saturated carbocycles. The van der Waals surface area contributed by atoms with Gasteiger partial charge in [0, 0.05) is 24.1 Å². The monoisotopic (exact) mass is 693 g/mol. The Hall–Kier alpha value is -4.74. The van der Waals surface area contributed by atoms with E-state index < -0.39 is 75.2 Å². The Morgan fingerprint density at radius 3 is 2.59 bits per heavy atom. The van der Waals surface area contributed by atoms with Crippen molar-refractivity contribution in [3.8, 4) is 23.3 Å². The van der Waals surface area contributed by atoms with Crippen LogP contribution in [0.25, 0.3) is 22.3 Å². The third kappa shape index (κ3) is 5.45. The largest absolute Gasteiger partial charge is 0.475 e. The van der Waals surface area contributed by atoms with Crippen molar-refractivity contribution in [3.63, 3.8) is 0 Å². The molecule has 0 spiro atoms. The summed E-state index contributed by atoms with van der Waals surface area (Å²) in [7, 11) is 0. The molecular weight excluding hydrogens is 663 g/mol. The summed E-state index contributed by atoms with van der Waals surface area (Å²) in [5.74, 6) is -4.68. The lowest BCUT2D eigenvalue weighted by atomic mass is 9.95. The predicted molar refractivity (Wildman–Crippen MR) is 163 cm³/mol. The second-order valence-electron chi connectivity index (χ2n) is 12.5. The van der Waals surface area contributed by atoms with Crippen molar-refractivity contribution < 1.29 is 40.2 Å². The molecule has 3 atom stereocenters. The maximum Gasteiger partial charge on any atom is 0.418 e. The first-order valence-corrected chi connectivity index (χ1v) is 15.4. The van der Waals surface area contributed by atoms with E-state index in [1.165, 1.54) is 6.07 Å². The number of rotatable bonds is 6. The smallest absolute Gasteiger partial charge is 0.418 e. The third-order valence-electron chi connectivity index (χ3n) is 9.53. The fourth-order valence-corrected chi connectivity index (χ4v) is 7.20. The molecular formula is C31H30F7N9O2. The number of ether oxygens (including phenoxy) is 2. The minimum atomic E-state index is -5.18. The molecule has 4 aromatic rings. The molecule has 0 bridgehead atoms.